The number of rotatable bonds is 3. The number of nitrogens with two attached hydrogens (primary N) is 2. The molecule has 1 fully saturated rings. The molecular formula is C12H17N3O2. The predicted molar refractivity (Wildman–Crippen MR) is 65.1 cm³/mol. The zero-order chi connectivity index (χ0) is 12.3. The average molecular weight is 235 g/mol. The minimum absolute atomic E-state index is 0.348. The maximum Gasteiger partial charge on any atom is 0.237 e. The number of amides is 1. The molecule has 0 radical (unpaired) electrons. The Hall–Kier alpha value is -1.59. The van der Waals surface area contributed by atoms with E-state index in [2.05, 4.69) is 0 Å². The van der Waals surface area contributed by atoms with Crippen LogP contribution in [-0.2, 0) is 16.1 Å². The van der Waals surface area contributed by atoms with Crippen molar-refractivity contribution in [2.45, 2.75) is 12.6 Å². The first-order valence-corrected chi connectivity index (χ1v) is 5.63. The number of hydrogen-bond acceptors (Lipinski definition) is 4. The molecule has 5 nitrogen and oxygen atoms in total. The van der Waals surface area contributed by atoms with Gasteiger partial charge in [0, 0.05) is 18.8 Å². The van der Waals surface area contributed by atoms with Crippen LogP contribution in [0.1, 0.15) is 5.56 Å². The third-order valence-corrected chi connectivity index (χ3v) is 3.00. The first-order chi connectivity index (χ1) is 8.18. The Morgan fingerprint density at radius 2 is 2.24 bits per heavy atom. The van der Waals surface area contributed by atoms with Gasteiger partial charge in [0.1, 0.15) is 6.04 Å². The van der Waals surface area contributed by atoms with Crippen molar-refractivity contribution in [1.29, 1.82) is 0 Å². The van der Waals surface area contributed by atoms with Crippen molar-refractivity contribution in [2.75, 3.05) is 25.5 Å². The minimum atomic E-state index is -0.358. The van der Waals surface area contributed by atoms with Crippen molar-refractivity contribution in [3.8, 4) is 0 Å². The predicted octanol–water partition coefficient (Wildman–Crippen LogP) is -0.0451. The summed E-state index contributed by atoms with van der Waals surface area (Å²) in [4.78, 5) is 13.3. The molecule has 92 valence electrons. The number of ether oxygens (including phenoxy) is 1. The fraction of sp³-hybridized carbons (Fsp3) is 0.417. The van der Waals surface area contributed by atoms with Gasteiger partial charge in [-0.05, 0) is 11.6 Å². The molecule has 1 unspecified atom stereocenters. The van der Waals surface area contributed by atoms with Gasteiger partial charge in [-0.1, -0.05) is 18.2 Å². The second kappa shape index (κ2) is 5.16. The first kappa shape index (κ1) is 11.9. The number of anilines is 1. The highest BCUT2D eigenvalue weighted by molar-refractivity contribution is 5.80. The third-order valence-electron chi connectivity index (χ3n) is 3.00. The highest BCUT2D eigenvalue weighted by Gasteiger charge is 2.27. The van der Waals surface area contributed by atoms with Gasteiger partial charge < -0.3 is 16.2 Å². The molecule has 1 atom stereocenters. The van der Waals surface area contributed by atoms with Gasteiger partial charge in [0.05, 0.1) is 13.2 Å². The lowest BCUT2D eigenvalue weighted by molar-refractivity contribution is -0.129. The molecule has 1 aromatic rings. The molecule has 1 aliphatic heterocycles. The van der Waals surface area contributed by atoms with Crippen LogP contribution < -0.4 is 11.5 Å². The minimum Gasteiger partial charge on any atom is -0.398 e. The van der Waals surface area contributed by atoms with E-state index >= 15 is 0 Å². The summed E-state index contributed by atoms with van der Waals surface area (Å²) in [5.74, 6) is -0.348. The third kappa shape index (κ3) is 2.75. The molecule has 5 heteroatoms. The summed E-state index contributed by atoms with van der Waals surface area (Å²) in [6.07, 6.45) is 0. The monoisotopic (exact) mass is 235 g/mol. The molecule has 17 heavy (non-hydrogen) atoms. The number of hydrogen-bond donors (Lipinski definition) is 2. The Kier molecular flexibility index (Phi) is 3.61. The van der Waals surface area contributed by atoms with Crippen molar-refractivity contribution in [3.05, 3.63) is 29.8 Å². The Bertz CT molecular complexity index is 408. The molecule has 1 heterocycles. The number of nitrogens with zero attached hydrogens (tertiary/aromatic N) is 1. The van der Waals surface area contributed by atoms with Crippen LogP contribution in [0.25, 0.3) is 0 Å². The van der Waals surface area contributed by atoms with Crippen molar-refractivity contribution in [1.82, 2.24) is 4.90 Å². The van der Waals surface area contributed by atoms with Crippen LogP contribution in [0.5, 0.6) is 0 Å². The van der Waals surface area contributed by atoms with Gasteiger partial charge in [0.2, 0.25) is 5.91 Å². The summed E-state index contributed by atoms with van der Waals surface area (Å²) < 4.78 is 5.27. The van der Waals surface area contributed by atoms with Gasteiger partial charge in [-0.15, -0.1) is 0 Å². The molecule has 4 N–H and O–H groups in total. The van der Waals surface area contributed by atoms with Crippen molar-refractivity contribution in [3.63, 3.8) is 0 Å². The maximum atomic E-state index is 11.3. The highest BCUT2D eigenvalue weighted by Crippen LogP contribution is 2.16. The summed E-state index contributed by atoms with van der Waals surface area (Å²) in [6, 6.07) is 7.29. The number of carbonyl (C=O) groups is 1. The summed E-state index contributed by atoms with van der Waals surface area (Å²) >= 11 is 0. The van der Waals surface area contributed by atoms with Crippen molar-refractivity contribution >= 4 is 11.6 Å². The number of nitrogen functional groups attached to an aromatic ring is 1. The fourth-order valence-electron chi connectivity index (χ4n) is 1.99. The van der Waals surface area contributed by atoms with Crippen molar-refractivity contribution < 1.29 is 9.53 Å². The van der Waals surface area contributed by atoms with Crippen LogP contribution in [0.3, 0.4) is 0 Å². The fourth-order valence-corrected chi connectivity index (χ4v) is 1.99. The standard InChI is InChI=1S/C12H17N3O2/c13-10-4-2-1-3-9(10)7-15-5-6-17-8-11(15)12(14)16/h1-4,11H,5-8,13H2,(H2,14,16). The van der Waals surface area contributed by atoms with Crippen LogP contribution in [0.15, 0.2) is 24.3 Å². The number of morpholine rings is 1. The summed E-state index contributed by atoms with van der Waals surface area (Å²) in [7, 11) is 0. The molecule has 0 saturated carbocycles. The lowest BCUT2D eigenvalue weighted by atomic mass is 10.1. The lowest BCUT2D eigenvalue weighted by Gasteiger charge is -2.33. The van der Waals surface area contributed by atoms with E-state index in [1.807, 2.05) is 29.2 Å². The highest BCUT2D eigenvalue weighted by atomic mass is 16.5. The molecule has 1 aliphatic rings. The molecule has 0 bridgehead atoms. The molecule has 1 amide bonds. The van der Waals surface area contributed by atoms with Crippen LogP contribution >= 0.6 is 0 Å². The van der Waals surface area contributed by atoms with E-state index in [4.69, 9.17) is 16.2 Å². The largest absolute Gasteiger partial charge is 0.398 e. The van der Waals surface area contributed by atoms with Crippen LogP contribution in [0.2, 0.25) is 0 Å². The van der Waals surface area contributed by atoms with E-state index in [1.54, 1.807) is 0 Å². The van der Waals surface area contributed by atoms with E-state index in [0.717, 1.165) is 11.3 Å². The van der Waals surface area contributed by atoms with Gasteiger partial charge in [0.15, 0.2) is 0 Å². The second-order valence-electron chi connectivity index (χ2n) is 4.16. The van der Waals surface area contributed by atoms with E-state index < -0.39 is 0 Å². The Balaban J connectivity index is 2.11. The van der Waals surface area contributed by atoms with Gasteiger partial charge in [-0.3, -0.25) is 9.69 Å². The van der Waals surface area contributed by atoms with Crippen molar-refractivity contribution in [2.24, 2.45) is 5.73 Å². The van der Waals surface area contributed by atoms with Crippen LogP contribution in [0, 0.1) is 0 Å². The molecule has 1 aromatic carbocycles. The van der Waals surface area contributed by atoms with E-state index in [1.165, 1.54) is 0 Å². The number of carbonyl (C=O) groups excluding carboxylic acids is 1. The molecule has 0 aromatic heterocycles. The summed E-state index contributed by atoms with van der Waals surface area (Å²) in [6.45, 7) is 2.31. The second-order valence-corrected chi connectivity index (χ2v) is 4.16. The maximum absolute atomic E-state index is 11.3. The van der Waals surface area contributed by atoms with Gasteiger partial charge in [0.25, 0.3) is 0 Å². The zero-order valence-corrected chi connectivity index (χ0v) is 9.63. The van der Waals surface area contributed by atoms with Gasteiger partial charge in [-0.25, -0.2) is 0 Å². The Morgan fingerprint density at radius 3 is 2.94 bits per heavy atom. The SMILES string of the molecule is NC(=O)C1COCCN1Cc1ccccc1N. The number of primary amides is 1. The van der Waals surface area contributed by atoms with E-state index in [0.29, 0.717) is 26.3 Å². The molecule has 0 spiro atoms. The lowest BCUT2D eigenvalue weighted by Crippen LogP contribution is -2.51. The number of para-hydroxylation sites is 1. The Morgan fingerprint density at radius 1 is 1.47 bits per heavy atom. The zero-order valence-electron chi connectivity index (χ0n) is 9.63. The van der Waals surface area contributed by atoms with E-state index in [-0.39, 0.29) is 11.9 Å². The first-order valence-electron chi connectivity index (χ1n) is 5.63. The summed E-state index contributed by atoms with van der Waals surface area (Å²) in [5.41, 5.74) is 13.0. The van der Waals surface area contributed by atoms with Crippen LogP contribution in [-0.4, -0.2) is 36.6 Å². The molecular weight excluding hydrogens is 218 g/mol. The Labute approximate surface area is 100 Å². The molecule has 1 saturated heterocycles. The normalized spacial score (nSPS) is 21.3. The quantitative estimate of drug-likeness (QED) is 0.720. The smallest absolute Gasteiger partial charge is 0.237 e. The van der Waals surface area contributed by atoms with Gasteiger partial charge >= 0.3 is 0 Å². The molecule has 0 aliphatic carbocycles. The van der Waals surface area contributed by atoms with Gasteiger partial charge in [-0.2, -0.15) is 0 Å². The summed E-state index contributed by atoms with van der Waals surface area (Å²) in [5, 5.41) is 0. The number of benzene rings is 1. The molecule has 2 rings (SSSR count). The van der Waals surface area contributed by atoms with Crippen LogP contribution in [0.4, 0.5) is 5.69 Å². The topological polar surface area (TPSA) is 81.6 Å². The average Bonchev–Trinajstić information content (AvgIpc) is 2.32. The van der Waals surface area contributed by atoms with E-state index in [9.17, 15) is 4.79 Å².